The molecule has 1 fully saturated rings. The van der Waals surface area contributed by atoms with Crippen molar-refractivity contribution in [3.05, 3.63) is 203 Å². The fraction of sp³-hybridized carbons (Fsp3) is 0.176. The van der Waals surface area contributed by atoms with Gasteiger partial charge in [-0.15, -0.1) is 0 Å². The zero-order chi connectivity index (χ0) is 37.0. The van der Waals surface area contributed by atoms with E-state index in [-0.39, 0.29) is 30.5 Å². The summed E-state index contributed by atoms with van der Waals surface area (Å²) in [7, 11) is 0. The quantitative estimate of drug-likeness (QED) is 0.159. The number of anilines is 2. The van der Waals surface area contributed by atoms with Crippen molar-refractivity contribution in [3.8, 4) is 11.1 Å². The monoisotopic (exact) mass is 728 g/mol. The molecule has 5 atom stereocenters. The fourth-order valence-corrected chi connectivity index (χ4v) is 9.52. The summed E-state index contributed by atoms with van der Waals surface area (Å²) in [5.74, 6) is 1.32. The van der Waals surface area contributed by atoms with Crippen molar-refractivity contribution in [1.29, 1.82) is 0 Å². The smallest absolute Gasteiger partial charge is 0.142 e. The van der Waals surface area contributed by atoms with Crippen molar-refractivity contribution in [2.45, 2.75) is 56.1 Å². The first-order chi connectivity index (χ1) is 27.7. The summed E-state index contributed by atoms with van der Waals surface area (Å²) >= 11 is 0. The summed E-state index contributed by atoms with van der Waals surface area (Å²) in [5, 5.41) is 13.0. The van der Waals surface area contributed by atoms with E-state index in [1.54, 1.807) is 0 Å². The molecular weight excluding hydrogens is 685 g/mol. The maximum Gasteiger partial charge on any atom is 0.142 e. The standard InChI is InChI=1S/C51H44N4O/c1-3-14-33(15-4-1)35-18-11-19-37(30-35)50-52-49(34-16-5-2-6-17-34)53-51(54-50)38-20-12-21-39(31-38)55-45-26-9-7-22-41(45)44-32-36(28-29-46(44)55)40-24-13-25-43-42-23-8-10-27-47(42)56-48(40)43/h1-5,7-9,11-16,18-26,28-32,44,46,49-54H,6,10,17,27H2. The van der Waals surface area contributed by atoms with Gasteiger partial charge in [0.2, 0.25) is 0 Å². The minimum absolute atomic E-state index is 0.0298. The largest absolute Gasteiger partial charge is 0.460 e. The maximum atomic E-state index is 6.57. The second-order valence-electron chi connectivity index (χ2n) is 15.6. The Kier molecular flexibility index (Phi) is 8.31. The number of furan rings is 1. The van der Waals surface area contributed by atoms with Gasteiger partial charge in [0, 0.05) is 40.2 Å². The lowest BCUT2D eigenvalue weighted by Crippen LogP contribution is -2.59. The zero-order valence-corrected chi connectivity index (χ0v) is 31.2. The summed E-state index contributed by atoms with van der Waals surface area (Å²) in [5.41, 5.74) is 14.7. The molecule has 1 aromatic heterocycles. The third kappa shape index (κ3) is 5.82. The van der Waals surface area contributed by atoms with Crippen LogP contribution in [0.1, 0.15) is 71.1 Å². The zero-order valence-electron chi connectivity index (χ0n) is 31.2. The predicted molar refractivity (Wildman–Crippen MR) is 229 cm³/mol. The summed E-state index contributed by atoms with van der Waals surface area (Å²) < 4.78 is 6.57. The molecule has 5 aromatic carbocycles. The van der Waals surface area contributed by atoms with E-state index in [0.29, 0.717) is 0 Å². The van der Waals surface area contributed by atoms with Gasteiger partial charge in [0.1, 0.15) is 11.3 Å². The molecule has 2 aliphatic heterocycles. The van der Waals surface area contributed by atoms with Gasteiger partial charge in [0.25, 0.3) is 0 Å². The third-order valence-corrected chi connectivity index (χ3v) is 12.2. The molecule has 3 N–H and O–H groups in total. The molecule has 3 heterocycles. The second kappa shape index (κ2) is 13.9. The Morgan fingerprint density at radius 1 is 0.643 bits per heavy atom. The number of fused-ring (bicyclic) bond motifs is 6. The Hall–Kier alpha value is -5.98. The summed E-state index contributed by atoms with van der Waals surface area (Å²) in [6.45, 7) is 0. The van der Waals surface area contributed by atoms with Gasteiger partial charge in [-0.2, -0.15) is 0 Å². The second-order valence-corrected chi connectivity index (χ2v) is 15.6. The van der Waals surface area contributed by atoms with E-state index in [9.17, 15) is 0 Å². The molecule has 0 amide bonds. The van der Waals surface area contributed by atoms with E-state index >= 15 is 0 Å². The highest BCUT2D eigenvalue weighted by Crippen LogP contribution is 2.50. The van der Waals surface area contributed by atoms with Crippen molar-refractivity contribution in [3.63, 3.8) is 0 Å². The number of nitrogens with zero attached hydrogens (tertiary/aromatic N) is 1. The van der Waals surface area contributed by atoms with Gasteiger partial charge in [-0.25, -0.2) is 0 Å². The van der Waals surface area contributed by atoms with Gasteiger partial charge in [0.15, 0.2) is 0 Å². The number of hydrogen-bond donors (Lipinski definition) is 3. The molecule has 56 heavy (non-hydrogen) atoms. The van der Waals surface area contributed by atoms with Crippen LogP contribution in [0.15, 0.2) is 174 Å². The number of nitrogens with one attached hydrogen (secondary N) is 3. The van der Waals surface area contributed by atoms with Crippen LogP contribution < -0.4 is 20.9 Å². The third-order valence-electron chi connectivity index (χ3n) is 12.2. The van der Waals surface area contributed by atoms with Crippen molar-refractivity contribution < 1.29 is 4.42 Å². The molecule has 6 aromatic rings. The average molecular weight is 729 g/mol. The number of benzene rings is 5. The van der Waals surface area contributed by atoms with Crippen molar-refractivity contribution in [1.82, 2.24) is 16.0 Å². The first-order valence-corrected chi connectivity index (χ1v) is 20.1. The highest BCUT2D eigenvalue weighted by Gasteiger charge is 2.39. The van der Waals surface area contributed by atoms with Gasteiger partial charge in [-0.1, -0.05) is 146 Å². The van der Waals surface area contributed by atoms with Crippen LogP contribution in [0.5, 0.6) is 0 Å². The lowest BCUT2D eigenvalue weighted by atomic mass is 9.86. The Morgan fingerprint density at radius 3 is 2.29 bits per heavy atom. The molecule has 0 radical (unpaired) electrons. The number of para-hydroxylation sites is 2. The normalized spacial score (nSPS) is 23.7. The molecule has 0 bridgehead atoms. The van der Waals surface area contributed by atoms with E-state index in [2.05, 4.69) is 191 Å². The lowest BCUT2D eigenvalue weighted by Gasteiger charge is -2.41. The van der Waals surface area contributed by atoms with E-state index in [1.807, 2.05) is 0 Å². The fourth-order valence-electron chi connectivity index (χ4n) is 9.52. The van der Waals surface area contributed by atoms with Crippen molar-refractivity contribution >= 4 is 34.0 Å². The highest BCUT2D eigenvalue weighted by molar-refractivity contribution is 5.98. The van der Waals surface area contributed by atoms with Gasteiger partial charge in [-0.3, -0.25) is 16.0 Å². The van der Waals surface area contributed by atoms with Crippen LogP contribution in [0.4, 0.5) is 11.4 Å². The lowest BCUT2D eigenvalue weighted by molar-refractivity contribution is 0.219. The van der Waals surface area contributed by atoms with Crippen LogP contribution in [-0.2, 0) is 6.42 Å². The van der Waals surface area contributed by atoms with Crippen LogP contribution in [-0.4, -0.2) is 12.2 Å². The van der Waals surface area contributed by atoms with E-state index in [0.717, 1.165) is 37.0 Å². The van der Waals surface area contributed by atoms with Gasteiger partial charge >= 0.3 is 0 Å². The minimum Gasteiger partial charge on any atom is -0.460 e. The van der Waals surface area contributed by atoms with Crippen LogP contribution in [0.2, 0.25) is 0 Å². The van der Waals surface area contributed by atoms with Crippen LogP contribution in [0.25, 0.3) is 33.7 Å². The number of allylic oxidation sites excluding steroid dienone is 6. The molecule has 3 aliphatic carbocycles. The van der Waals surface area contributed by atoms with Crippen molar-refractivity contribution in [2.75, 3.05) is 4.90 Å². The number of aryl methyl sites for hydroxylation is 1. The predicted octanol–water partition coefficient (Wildman–Crippen LogP) is 11.4. The summed E-state index contributed by atoms with van der Waals surface area (Å²) in [4.78, 5) is 2.54. The molecule has 5 nitrogen and oxygen atoms in total. The maximum absolute atomic E-state index is 6.57. The first-order valence-electron chi connectivity index (χ1n) is 20.1. The first kappa shape index (κ1) is 33.4. The average Bonchev–Trinajstić information content (AvgIpc) is 3.83. The molecular formula is C51H44N4O. The SMILES string of the molecule is C1=CCCC(C2NC(c3cccc(-c4ccccc4)c3)NC(c3cccc(N4c5ccccc5C5C=C(c6cccc7c8c(oc67)CCC=C8)C=CC54)c3)N2)=C1. The van der Waals surface area contributed by atoms with E-state index in [4.69, 9.17) is 4.42 Å². The Bertz CT molecular complexity index is 2630. The number of hydrogen-bond acceptors (Lipinski definition) is 5. The van der Waals surface area contributed by atoms with Gasteiger partial charge in [-0.05, 0) is 82.5 Å². The molecule has 5 heteroatoms. The van der Waals surface area contributed by atoms with Gasteiger partial charge < -0.3 is 9.32 Å². The minimum atomic E-state index is -0.0742. The molecule has 0 saturated carbocycles. The molecule has 0 spiro atoms. The molecule has 274 valence electrons. The number of rotatable bonds is 6. The Labute approximate surface area is 328 Å². The van der Waals surface area contributed by atoms with E-state index in [1.165, 1.54) is 66.9 Å². The Morgan fingerprint density at radius 2 is 1.41 bits per heavy atom. The topological polar surface area (TPSA) is 52.5 Å². The molecule has 1 saturated heterocycles. The van der Waals surface area contributed by atoms with Gasteiger partial charge in [0.05, 0.1) is 24.5 Å². The van der Waals surface area contributed by atoms with Crippen LogP contribution >= 0.6 is 0 Å². The highest BCUT2D eigenvalue weighted by atomic mass is 16.3. The summed E-state index contributed by atoms with van der Waals surface area (Å²) in [6, 6.07) is 44.4. The molecule has 5 aliphatic rings. The van der Waals surface area contributed by atoms with Crippen LogP contribution in [0, 0.1) is 0 Å². The molecule has 11 rings (SSSR count). The van der Waals surface area contributed by atoms with Crippen molar-refractivity contribution in [2.24, 2.45) is 0 Å². The Balaban J connectivity index is 0.931. The van der Waals surface area contributed by atoms with Crippen LogP contribution in [0.3, 0.4) is 0 Å². The molecule has 5 unspecified atom stereocenters. The summed E-state index contributed by atoms with van der Waals surface area (Å²) in [6.07, 6.45) is 22.4. The van der Waals surface area contributed by atoms with E-state index < -0.39 is 0 Å².